The molecule has 1 saturated carbocycles. The predicted molar refractivity (Wildman–Crippen MR) is 81.3 cm³/mol. The predicted octanol–water partition coefficient (Wildman–Crippen LogP) is 3.88. The molecule has 2 nitrogen and oxygen atoms in total. The number of nitrogens with one attached hydrogen (secondary N) is 1. The Morgan fingerprint density at radius 3 is 2.68 bits per heavy atom. The summed E-state index contributed by atoms with van der Waals surface area (Å²) in [6.07, 6.45) is 4.04. The number of thiophene rings is 1. The molecule has 1 aromatic heterocycles. The molecule has 1 heterocycles. The van der Waals surface area contributed by atoms with Crippen molar-refractivity contribution in [2.45, 2.75) is 38.1 Å². The lowest BCUT2D eigenvalue weighted by Gasteiger charge is -2.27. The highest BCUT2D eigenvalue weighted by atomic mass is 32.1. The lowest BCUT2D eigenvalue weighted by molar-refractivity contribution is 0.419. The maximum absolute atomic E-state index is 5.78. The maximum Gasteiger partial charge on any atom is 0.0802 e. The summed E-state index contributed by atoms with van der Waals surface area (Å²) in [4.78, 5) is 2.61. The largest absolute Gasteiger partial charge is 0.271 e. The monoisotopic (exact) mass is 272 g/mol. The fraction of sp³-hybridized carbons (Fsp3) is 0.375. The van der Waals surface area contributed by atoms with E-state index in [1.165, 1.54) is 40.1 Å². The Balaban J connectivity index is 1.90. The quantitative estimate of drug-likeness (QED) is 0.655. The van der Waals surface area contributed by atoms with E-state index in [-0.39, 0.29) is 6.04 Å². The SMILES string of the molecule is Cc1ccc(C(NN)c2cccc(C3CCC3)c2)s1. The summed E-state index contributed by atoms with van der Waals surface area (Å²) >= 11 is 1.81. The van der Waals surface area contributed by atoms with Crippen molar-refractivity contribution >= 4 is 11.3 Å². The topological polar surface area (TPSA) is 38.0 Å². The molecule has 0 saturated heterocycles. The van der Waals surface area contributed by atoms with Crippen molar-refractivity contribution in [3.05, 3.63) is 57.3 Å². The van der Waals surface area contributed by atoms with Crippen LogP contribution in [-0.4, -0.2) is 0 Å². The second kappa shape index (κ2) is 5.45. The highest BCUT2D eigenvalue weighted by Gasteiger charge is 2.21. The van der Waals surface area contributed by atoms with Crippen molar-refractivity contribution in [1.29, 1.82) is 0 Å². The summed E-state index contributed by atoms with van der Waals surface area (Å²) in [6, 6.07) is 13.3. The van der Waals surface area contributed by atoms with E-state index in [1.54, 1.807) is 11.3 Å². The minimum Gasteiger partial charge on any atom is -0.271 e. The molecule has 1 aromatic carbocycles. The third-order valence-corrected chi connectivity index (χ3v) is 5.10. The van der Waals surface area contributed by atoms with E-state index in [9.17, 15) is 0 Å². The molecule has 1 aliphatic carbocycles. The molecule has 1 aliphatic rings. The van der Waals surface area contributed by atoms with Gasteiger partial charge < -0.3 is 0 Å². The first-order chi connectivity index (χ1) is 9.28. The van der Waals surface area contributed by atoms with Gasteiger partial charge in [0.25, 0.3) is 0 Å². The van der Waals surface area contributed by atoms with Crippen molar-refractivity contribution < 1.29 is 0 Å². The van der Waals surface area contributed by atoms with Gasteiger partial charge in [-0.25, -0.2) is 5.43 Å². The molecule has 100 valence electrons. The van der Waals surface area contributed by atoms with Gasteiger partial charge in [-0.05, 0) is 48.9 Å². The smallest absolute Gasteiger partial charge is 0.0802 e. The fourth-order valence-electron chi connectivity index (χ4n) is 2.69. The highest BCUT2D eigenvalue weighted by molar-refractivity contribution is 7.12. The van der Waals surface area contributed by atoms with E-state index in [4.69, 9.17) is 5.84 Å². The van der Waals surface area contributed by atoms with Gasteiger partial charge in [-0.3, -0.25) is 5.84 Å². The fourth-order valence-corrected chi connectivity index (χ4v) is 3.65. The molecule has 0 bridgehead atoms. The average Bonchev–Trinajstić information content (AvgIpc) is 2.75. The van der Waals surface area contributed by atoms with Crippen LogP contribution in [0.4, 0.5) is 0 Å². The number of aryl methyl sites for hydroxylation is 1. The summed E-state index contributed by atoms with van der Waals surface area (Å²) in [5, 5.41) is 0. The third-order valence-electron chi connectivity index (χ3n) is 4.03. The van der Waals surface area contributed by atoms with E-state index in [0.29, 0.717) is 0 Å². The molecule has 0 amide bonds. The van der Waals surface area contributed by atoms with Crippen molar-refractivity contribution in [2.75, 3.05) is 0 Å². The van der Waals surface area contributed by atoms with Crippen LogP contribution in [0.1, 0.15) is 52.1 Å². The Morgan fingerprint density at radius 1 is 1.26 bits per heavy atom. The van der Waals surface area contributed by atoms with Gasteiger partial charge in [0.2, 0.25) is 0 Å². The Hall–Kier alpha value is -1.16. The van der Waals surface area contributed by atoms with Gasteiger partial charge in [-0.2, -0.15) is 0 Å². The van der Waals surface area contributed by atoms with Gasteiger partial charge in [-0.1, -0.05) is 30.7 Å². The standard InChI is InChI=1S/C16H20N2S/c1-11-8-9-15(19-11)16(18-17)14-7-3-6-13(10-14)12-4-2-5-12/h3,6-10,12,16,18H,2,4-5,17H2,1H3. The zero-order valence-corrected chi connectivity index (χ0v) is 12.0. The number of hydrazine groups is 1. The second-order valence-electron chi connectivity index (χ2n) is 5.35. The van der Waals surface area contributed by atoms with Gasteiger partial charge >= 0.3 is 0 Å². The van der Waals surface area contributed by atoms with Crippen LogP contribution in [-0.2, 0) is 0 Å². The summed E-state index contributed by atoms with van der Waals surface area (Å²) in [5.74, 6) is 6.54. The zero-order valence-electron chi connectivity index (χ0n) is 11.2. The number of rotatable bonds is 4. The van der Waals surface area contributed by atoms with Crippen LogP contribution in [0.2, 0.25) is 0 Å². The average molecular weight is 272 g/mol. The molecule has 3 rings (SSSR count). The Bertz CT molecular complexity index is 557. The first-order valence-electron chi connectivity index (χ1n) is 6.90. The normalized spacial score (nSPS) is 17.2. The minimum atomic E-state index is 0.110. The van der Waals surface area contributed by atoms with Crippen molar-refractivity contribution in [3.63, 3.8) is 0 Å². The lowest BCUT2D eigenvalue weighted by atomic mass is 9.79. The number of hydrogen-bond acceptors (Lipinski definition) is 3. The molecular weight excluding hydrogens is 252 g/mol. The van der Waals surface area contributed by atoms with Crippen molar-refractivity contribution in [2.24, 2.45) is 5.84 Å². The van der Waals surface area contributed by atoms with Crippen LogP contribution in [0, 0.1) is 6.92 Å². The molecular formula is C16H20N2S. The maximum atomic E-state index is 5.78. The van der Waals surface area contributed by atoms with Crippen molar-refractivity contribution in [1.82, 2.24) is 5.43 Å². The molecule has 2 aromatic rings. The van der Waals surface area contributed by atoms with Crippen LogP contribution in [0.25, 0.3) is 0 Å². The van der Waals surface area contributed by atoms with Gasteiger partial charge in [0.1, 0.15) is 0 Å². The second-order valence-corrected chi connectivity index (χ2v) is 6.67. The minimum absolute atomic E-state index is 0.110. The lowest BCUT2D eigenvalue weighted by Crippen LogP contribution is -2.28. The van der Waals surface area contributed by atoms with E-state index in [1.807, 2.05) is 0 Å². The number of nitrogens with two attached hydrogens (primary N) is 1. The molecule has 1 atom stereocenters. The molecule has 3 N–H and O–H groups in total. The molecule has 0 radical (unpaired) electrons. The van der Waals surface area contributed by atoms with E-state index < -0.39 is 0 Å². The van der Waals surface area contributed by atoms with Crippen LogP contribution in [0.3, 0.4) is 0 Å². The highest BCUT2D eigenvalue weighted by Crippen LogP contribution is 2.37. The zero-order chi connectivity index (χ0) is 13.2. The van der Waals surface area contributed by atoms with Gasteiger partial charge in [0, 0.05) is 9.75 Å². The van der Waals surface area contributed by atoms with Gasteiger partial charge in [-0.15, -0.1) is 11.3 Å². The van der Waals surface area contributed by atoms with Crippen LogP contribution < -0.4 is 11.3 Å². The molecule has 0 aliphatic heterocycles. The Labute approximate surface area is 118 Å². The molecule has 1 fully saturated rings. The van der Waals surface area contributed by atoms with Crippen LogP contribution >= 0.6 is 11.3 Å². The Kier molecular flexibility index (Phi) is 3.69. The third kappa shape index (κ3) is 2.59. The Morgan fingerprint density at radius 2 is 2.11 bits per heavy atom. The van der Waals surface area contributed by atoms with Crippen LogP contribution in [0.5, 0.6) is 0 Å². The molecule has 19 heavy (non-hydrogen) atoms. The molecule has 3 heteroatoms. The summed E-state index contributed by atoms with van der Waals surface area (Å²) < 4.78 is 0. The van der Waals surface area contributed by atoms with E-state index >= 15 is 0 Å². The molecule has 1 unspecified atom stereocenters. The summed E-state index contributed by atoms with van der Waals surface area (Å²) in [7, 11) is 0. The number of hydrogen-bond donors (Lipinski definition) is 2. The first-order valence-corrected chi connectivity index (χ1v) is 7.72. The van der Waals surface area contributed by atoms with E-state index in [0.717, 1.165) is 5.92 Å². The van der Waals surface area contributed by atoms with Gasteiger partial charge in [0.05, 0.1) is 6.04 Å². The summed E-state index contributed by atoms with van der Waals surface area (Å²) in [6.45, 7) is 2.13. The van der Waals surface area contributed by atoms with E-state index in [2.05, 4.69) is 48.7 Å². The van der Waals surface area contributed by atoms with Crippen LogP contribution in [0.15, 0.2) is 36.4 Å². The van der Waals surface area contributed by atoms with Crippen molar-refractivity contribution in [3.8, 4) is 0 Å². The summed E-state index contributed by atoms with van der Waals surface area (Å²) in [5.41, 5.74) is 5.70. The van der Waals surface area contributed by atoms with Gasteiger partial charge in [0.15, 0.2) is 0 Å². The first kappa shape index (κ1) is 12.9. The molecule has 0 spiro atoms. The number of benzene rings is 1.